The summed E-state index contributed by atoms with van der Waals surface area (Å²) in [6.07, 6.45) is 6.66. The Balaban J connectivity index is 3.31. The topological polar surface area (TPSA) is 12.0 Å². The quantitative estimate of drug-likeness (QED) is 0.569. The van der Waals surface area contributed by atoms with Crippen LogP contribution in [-0.2, 0) is 0 Å². The van der Waals surface area contributed by atoms with Crippen molar-refractivity contribution in [1.82, 2.24) is 5.32 Å². The molecule has 0 aromatic rings. The lowest BCUT2D eigenvalue weighted by Gasteiger charge is -2.09. The first-order valence-corrected chi connectivity index (χ1v) is 3.63. The maximum absolute atomic E-state index is 3.24. The fraction of sp³-hybridized carbons (Fsp3) is 0.750. The van der Waals surface area contributed by atoms with Crippen molar-refractivity contribution in [1.29, 1.82) is 0 Å². The van der Waals surface area contributed by atoms with Gasteiger partial charge >= 0.3 is 0 Å². The van der Waals surface area contributed by atoms with E-state index in [-0.39, 0.29) is 0 Å². The predicted molar refractivity (Wildman–Crippen MR) is 42.6 cm³/mol. The first-order chi connectivity index (χ1) is 4.35. The van der Waals surface area contributed by atoms with Crippen molar-refractivity contribution in [2.45, 2.75) is 32.7 Å². The smallest absolute Gasteiger partial charge is 0.00959 e. The van der Waals surface area contributed by atoms with E-state index in [0.717, 1.165) is 6.42 Å². The SMILES string of the molecule is C/C=C\CC(CC)NC. The predicted octanol–water partition coefficient (Wildman–Crippen LogP) is 1.95. The molecule has 9 heavy (non-hydrogen) atoms. The zero-order valence-corrected chi connectivity index (χ0v) is 6.65. The third kappa shape index (κ3) is 4.22. The van der Waals surface area contributed by atoms with Gasteiger partial charge in [-0.3, -0.25) is 0 Å². The van der Waals surface area contributed by atoms with Crippen LogP contribution in [0.3, 0.4) is 0 Å². The molecule has 0 spiro atoms. The Hall–Kier alpha value is -0.300. The zero-order valence-electron chi connectivity index (χ0n) is 6.65. The standard InChI is InChI=1S/C8H17N/c1-4-6-7-8(5-2)9-3/h4,6,8-9H,5,7H2,1-3H3/b6-4-. The molecule has 0 saturated carbocycles. The summed E-state index contributed by atoms with van der Waals surface area (Å²) >= 11 is 0. The van der Waals surface area contributed by atoms with E-state index in [0.29, 0.717) is 6.04 Å². The molecule has 0 heterocycles. The highest BCUT2D eigenvalue weighted by molar-refractivity contribution is 4.82. The molecule has 0 aromatic heterocycles. The molecule has 0 bridgehead atoms. The summed E-state index contributed by atoms with van der Waals surface area (Å²) in [5, 5.41) is 3.24. The van der Waals surface area contributed by atoms with E-state index in [1.165, 1.54) is 6.42 Å². The van der Waals surface area contributed by atoms with E-state index >= 15 is 0 Å². The zero-order chi connectivity index (χ0) is 7.11. The van der Waals surface area contributed by atoms with E-state index in [2.05, 4.69) is 31.3 Å². The van der Waals surface area contributed by atoms with Gasteiger partial charge in [0, 0.05) is 6.04 Å². The molecule has 1 unspecified atom stereocenters. The summed E-state index contributed by atoms with van der Waals surface area (Å²) in [5.41, 5.74) is 0. The van der Waals surface area contributed by atoms with Crippen molar-refractivity contribution in [2.24, 2.45) is 0 Å². The molecular formula is C8H17N. The molecule has 0 aromatic carbocycles. The fourth-order valence-electron chi connectivity index (χ4n) is 0.789. The van der Waals surface area contributed by atoms with Gasteiger partial charge in [-0.05, 0) is 26.8 Å². The van der Waals surface area contributed by atoms with E-state index in [9.17, 15) is 0 Å². The number of rotatable bonds is 4. The van der Waals surface area contributed by atoms with Gasteiger partial charge in [-0.2, -0.15) is 0 Å². The Morgan fingerprint density at radius 1 is 1.56 bits per heavy atom. The summed E-state index contributed by atoms with van der Waals surface area (Å²) in [6.45, 7) is 4.26. The monoisotopic (exact) mass is 127 g/mol. The highest BCUT2D eigenvalue weighted by atomic mass is 14.9. The Kier molecular flexibility index (Phi) is 5.64. The average Bonchev–Trinajstić information content (AvgIpc) is 1.91. The normalized spacial score (nSPS) is 14.6. The van der Waals surface area contributed by atoms with Crippen molar-refractivity contribution in [3.63, 3.8) is 0 Å². The second kappa shape index (κ2) is 5.83. The van der Waals surface area contributed by atoms with Gasteiger partial charge in [0.2, 0.25) is 0 Å². The molecule has 0 aliphatic carbocycles. The molecule has 0 rings (SSSR count). The van der Waals surface area contributed by atoms with Crippen LogP contribution in [0.15, 0.2) is 12.2 Å². The first kappa shape index (κ1) is 8.70. The Labute approximate surface area is 58.2 Å². The third-order valence-electron chi connectivity index (χ3n) is 1.56. The highest BCUT2D eigenvalue weighted by Gasteiger charge is 1.96. The summed E-state index contributed by atoms with van der Waals surface area (Å²) in [7, 11) is 2.01. The molecule has 0 fully saturated rings. The van der Waals surface area contributed by atoms with Crippen molar-refractivity contribution in [2.75, 3.05) is 7.05 Å². The molecule has 0 radical (unpaired) electrons. The van der Waals surface area contributed by atoms with Crippen LogP contribution >= 0.6 is 0 Å². The molecule has 0 amide bonds. The number of allylic oxidation sites excluding steroid dienone is 1. The molecule has 1 heteroatoms. The molecule has 1 N–H and O–H groups in total. The lowest BCUT2D eigenvalue weighted by atomic mass is 10.1. The minimum Gasteiger partial charge on any atom is -0.317 e. The lowest BCUT2D eigenvalue weighted by molar-refractivity contribution is 0.552. The molecule has 1 atom stereocenters. The number of nitrogens with one attached hydrogen (secondary N) is 1. The van der Waals surface area contributed by atoms with Crippen LogP contribution in [0.25, 0.3) is 0 Å². The van der Waals surface area contributed by atoms with Gasteiger partial charge in [-0.25, -0.2) is 0 Å². The molecule has 1 nitrogen and oxygen atoms in total. The van der Waals surface area contributed by atoms with Crippen molar-refractivity contribution in [3.05, 3.63) is 12.2 Å². The number of hydrogen-bond donors (Lipinski definition) is 1. The van der Waals surface area contributed by atoms with Gasteiger partial charge in [0.15, 0.2) is 0 Å². The fourth-order valence-corrected chi connectivity index (χ4v) is 0.789. The van der Waals surface area contributed by atoms with Crippen LogP contribution in [-0.4, -0.2) is 13.1 Å². The molecule has 0 aliphatic rings. The molecular weight excluding hydrogens is 110 g/mol. The Morgan fingerprint density at radius 2 is 2.22 bits per heavy atom. The van der Waals surface area contributed by atoms with E-state index in [4.69, 9.17) is 0 Å². The molecule has 0 aliphatic heterocycles. The van der Waals surface area contributed by atoms with Crippen molar-refractivity contribution in [3.8, 4) is 0 Å². The molecule has 0 saturated heterocycles. The van der Waals surface area contributed by atoms with Crippen LogP contribution in [0.1, 0.15) is 26.7 Å². The second-order valence-corrected chi connectivity index (χ2v) is 2.20. The van der Waals surface area contributed by atoms with Crippen LogP contribution in [0.2, 0.25) is 0 Å². The lowest BCUT2D eigenvalue weighted by Crippen LogP contribution is -2.22. The largest absolute Gasteiger partial charge is 0.317 e. The Bertz CT molecular complexity index is 72.6. The van der Waals surface area contributed by atoms with Crippen LogP contribution < -0.4 is 5.32 Å². The van der Waals surface area contributed by atoms with Crippen molar-refractivity contribution >= 4 is 0 Å². The van der Waals surface area contributed by atoms with Gasteiger partial charge < -0.3 is 5.32 Å². The van der Waals surface area contributed by atoms with Gasteiger partial charge in [0.1, 0.15) is 0 Å². The van der Waals surface area contributed by atoms with Crippen LogP contribution in [0, 0.1) is 0 Å². The van der Waals surface area contributed by atoms with Gasteiger partial charge in [-0.15, -0.1) is 0 Å². The van der Waals surface area contributed by atoms with E-state index < -0.39 is 0 Å². The second-order valence-electron chi connectivity index (χ2n) is 2.20. The maximum atomic E-state index is 3.24. The first-order valence-electron chi connectivity index (χ1n) is 3.63. The van der Waals surface area contributed by atoms with E-state index in [1.807, 2.05) is 7.05 Å². The molecule has 54 valence electrons. The van der Waals surface area contributed by atoms with Crippen LogP contribution in [0.5, 0.6) is 0 Å². The summed E-state index contributed by atoms with van der Waals surface area (Å²) in [6, 6.07) is 0.668. The summed E-state index contributed by atoms with van der Waals surface area (Å²) in [5.74, 6) is 0. The average molecular weight is 127 g/mol. The third-order valence-corrected chi connectivity index (χ3v) is 1.56. The summed E-state index contributed by atoms with van der Waals surface area (Å²) < 4.78 is 0. The van der Waals surface area contributed by atoms with Crippen molar-refractivity contribution < 1.29 is 0 Å². The van der Waals surface area contributed by atoms with Gasteiger partial charge in [-0.1, -0.05) is 19.1 Å². The van der Waals surface area contributed by atoms with Crippen LogP contribution in [0.4, 0.5) is 0 Å². The van der Waals surface area contributed by atoms with Gasteiger partial charge in [0.25, 0.3) is 0 Å². The van der Waals surface area contributed by atoms with Gasteiger partial charge in [0.05, 0.1) is 0 Å². The summed E-state index contributed by atoms with van der Waals surface area (Å²) in [4.78, 5) is 0. The highest BCUT2D eigenvalue weighted by Crippen LogP contribution is 1.96. The maximum Gasteiger partial charge on any atom is 0.00959 e. The number of hydrogen-bond acceptors (Lipinski definition) is 1. The minimum absolute atomic E-state index is 0.668. The van der Waals surface area contributed by atoms with E-state index in [1.54, 1.807) is 0 Å². The minimum atomic E-state index is 0.668. The Morgan fingerprint density at radius 3 is 2.56 bits per heavy atom.